The maximum Gasteiger partial charge on any atom is 0.143 e. The maximum atomic E-state index is 14.7. The summed E-state index contributed by atoms with van der Waals surface area (Å²) in [6.45, 7) is 5.58. The summed E-state index contributed by atoms with van der Waals surface area (Å²) in [4.78, 5) is 18.3. The van der Waals surface area contributed by atoms with Crippen LogP contribution in [0, 0.1) is 11.7 Å². The highest BCUT2D eigenvalue weighted by Crippen LogP contribution is 2.33. The van der Waals surface area contributed by atoms with E-state index in [4.69, 9.17) is 4.74 Å². The van der Waals surface area contributed by atoms with Crippen molar-refractivity contribution in [2.45, 2.75) is 51.0 Å². The number of Topliss-reactive ketones (excluding diaryl/α,β-unsaturated/α-hetero) is 1. The first kappa shape index (κ1) is 25.3. The Morgan fingerprint density at radius 3 is 2.47 bits per heavy atom. The molecule has 184 valence electrons. The number of hydrogen-bond donors (Lipinski definition) is 0. The predicted octanol–water partition coefficient (Wildman–Crippen LogP) is 6.04. The molecule has 6 heteroatoms. The topological polar surface area (TPSA) is 32.8 Å². The van der Waals surface area contributed by atoms with Gasteiger partial charge in [0, 0.05) is 49.0 Å². The van der Waals surface area contributed by atoms with Gasteiger partial charge in [-0.15, -0.1) is 0 Å². The highest BCUT2D eigenvalue weighted by Gasteiger charge is 2.31. The Morgan fingerprint density at radius 2 is 1.76 bits per heavy atom. The fourth-order valence-corrected chi connectivity index (χ4v) is 5.78. The number of hydrogen-bond acceptors (Lipinski definition) is 4. The first-order valence-electron chi connectivity index (χ1n) is 12.6. The SMILES string of the molecule is COc1ccc(Br)c(CN2CCN(CCC(C(=O)C3CCCCC3)c3ccccc3F)CC2)c1. The Bertz CT molecular complexity index is 955. The minimum Gasteiger partial charge on any atom is -0.497 e. The Labute approximate surface area is 211 Å². The van der Waals surface area contributed by atoms with Gasteiger partial charge in [-0.2, -0.15) is 0 Å². The van der Waals surface area contributed by atoms with Crippen LogP contribution in [0.25, 0.3) is 0 Å². The quantitative estimate of drug-likeness (QED) is 0.395. The summed E-state index contributed by atoms with van der Waals surface area (Å²) in [5.74, 6) is 0.641. The summed E-state index contributed by atoms with van der Waals surface area (Å²) < 4.78 is 21.2. The van der Waals surface area contributed by atoms with Crippen molar-refractivity contribution >= 4 is 21.7 Å². The lowest BCUT2D eigenvalue weighted by molar-refractivity contribution is -0.125. The van der Waals surface area contributed by atoms with Crippen LogP contribution in [0.2, 0.25) is 0 Å². The lowest BCUT2D eigenvalue weighted by atomic mass is 9.78. The minimum absolute atomic E-state index is 0.0940. The molecular weight excluding hydrogens is 495 g/mol. The smallest absolute Gasteiger partial charge is 0.143 e. The molecule has 1 aliphatic carbocycles. The van der Waals surface area contributed by atoms with Gasteiger partial charge in [0.1, 0.15) is 17.3 Å². The summed E-state index contributed by atoms with van der Waals surface area (Å²) in [5, 5.41) is 0. The molecule has 0 radical (unpaired) electrons. The van der Waals surface area contributed by atoms with Crippen molar-refractivity contribution in [3.63, 3.8) is 0 Å². The van der Waals surface area contributed by atoms with Crippen LogP contribution in [0.15, 0.2) is 46.9 Å². The largest absolute Gasteiger partial charge is 0.497 e. The summed E-state index contributed by atoms with van der Waals surface area (Å²) in [6.07, 6.45) is 6.06. The van der Waals surface area contributed by atoms with E-state index in [1.54, 1.807) is 13.2 Å². The Hall–Kier alpha value is -1.76. The lowest BCUT2D eigenvalue weighted by Crippen LogP contribution is -2.46. The third-order valence-corrected chi connectivity index (χ3v) is 8.25. The highest BCUT2D eigenvalue weighted by molar-refractivity contribution is 9.10. The molecule has 2 fully saturated rings. The van der Waals surface area contributed by atoms with Crippen molar-refractivity contribution in [2.75, 3.05) is 39.8 Å². The maximum absolute atomic E-state index is 14.7. The van der Waals surface area contributed by atoms with E-state index < -0.39 is 0 Å². The first-order valence-corrected chi connectivity index (χ1v) is 13.4. The van der Waals surface area contributed by atoms with Crippen molar-refractivity contribution in [1.82, 2.24) is 9.80 Å². The van der Waals surface area contributed by atoms with Crippen LogP contribution < -0.4 is 4.74 Å². The molecule has 1 saturated carbocycles. The van der Waals surface area contributed by atoms with Crippen molar-refractivity contribution in [3.8, 4) is 5.75 Å². The van der Waals surface area contributed by atoms with Gasteiger partial charge in [0.15, 0.2) is 0 Å². The van der Waals surface area contributed by atoms with E-state index in [9.17, 15) is 9.18 Å². The van der Waals surface area contributed by atoms with E-state index in [-0.39, 0.29) is 23.4 Å². The summed E-state index contributed by atoms with van der Waals surface area (Å²) in [5.41, 5.74) is 1.81. The van der Waals surface area contributed by atoms with Gasteiger partial charge >= 0.3 is 0 Å². The van der Waals surface area contributed by atoms with E-state index >= 15 is 0 Å². The summed E-state index contributed by atoms with van der Waals surface area (Å²) >= 11 is 3.66. The molecule has 0 N–H and O–H groups in total. The number of nitrogens with zero attached hydrogens (tertiary/aromatic N) is 2. The molecule has 34 heavy (non-hydrogen) atoms. The molecule has 4 nitrogen and oxygen atoms in total. The third kappa shape index (κ3) is 6.46. The number of rotatable bonds is 9. The fraction of sp³-hybridized carbons (Fsp3) is 0.536. The number of ketones is 1. The Balaban J connectivity index is 1.34. The highest BCUT2D eigenvalue weighted by atomic mass is 79.9. The molecule has 1 saturated heterocycles. The molecule has 2 aliphatic rings. The van der Waals surface area contributed by atoms with E-state index in [0.717, 1.165) is 75.2 Å². The number of carbonyl (C=O) groups excluding carboxylic acids is 1. The second-order valence-electron chi connectivity index (χ2n) is 9.68. The third-order valence-electron chi connectivity index (χ3n) is 7.48. The van der Waals surface area contributed by atoms with Gasteiger partial charge in [0.25, 0.3) is 0 Å². The number of piperazine rings is 1. The van der Waals surface area contributed by atoms with E-state index in [2.05, 4.69) is 31.8 Å². The van der Waals surface area contributed by atoms with E-state index in [1.165, 1.54) is 18.1 Å². The number of benzene rings is 2. The van der Waals surface area contributed by atoms with Crippen molar-refractivity contribution in [1.29, 1.82) is 0 Å². The minimum atomic E-state index is -0.338. The molecule has 0 spiro atoms. The van der Waals surface area contributed by atoms with Crippen LogP contribution in [0.1, 0.15) is 55.6 Å². The van der Waals surface area contributed by atoms with Gasteiger partial charge < -0.3 is 9.64 Å². The van der Waals surface area contributed by atoms with Gasteiger partial charge in [-0.3, -0.25) is 9.69 Å². The van der Waals surface area contributed by atoms with E-state index in [0.29, 0.717) is 12.0 Å². The van der Waals surface area contributed by atoms with Crippen molar-refractivity contribution < 1.29 is 13.9 Å². The second-order valence-corrected chi connectivity index (χ2v) is 10.5. The molecule has 1 aliphatic heterocycles. The monoisotopic (exact) mass is 530 g/mol. The fourth-order valence-electron chi connectivity index (χ4n) is 5.40. The first-order chi connectivity index (χ1) is 16.5. The summed E-state index contributed by atoms with van der Waals surface area (Å²) in [7, 11) is 1.69. The molecule has 4 rings (SSSR count). The number of methoxy groups -OCH3 is 1. The van der Waals surface area contributed by atoms with Crippen molar-refractivity contribution in [2.24, 2.45) is 5.92 Å². The van der Waals surface area contributed by atoms with Crippen LogP contribution in [-0.2, 0) is 11.3 Å². The van der Waals surface area contributed by atoms with Crippen LogP contribution in [0.4, 0.5) is 4.39 Å². The second kappa shape index (κ2) is 12.3. The Morgan fingerprint density at radius 1 is 1.06 bits per heavy atom. The van der Waals surface area contributed by atoms with Gasteiger partial charge in [0.2, 0.25) is 0 Å². The van der Waals surface area contributed by atoms with Crippen LogP contribution >= 0.6 is 15.9 Å². The van der Waals surface area contributed by atoms with Crippen molar-refractivity contribution in [3.05, 3.63) is 63.9 Å². The summed E-state index contributed by atoms with van der Waals surface area (Å²) in [6, 6.07) is 13.0. The number of ether oxygens (including phenoxy) is 1. The van der Waals surface area contributed by atoms with Gasteiger partial charge in [0.05, 0.1) is 7.11 Å². The average molecular weight is 532 g/mol. The van der Waals surface area contributed by atoms with E-state index in [1.807, 2.05) is 24.3 Å². The zero-order chi connectivity index (χ0) is 23.9. The average Bonchev–Trinajstić information content (AvgIpc) is 2.87. The predicted molar refractivity (Wildman–Crippen MR) is 138 cm³/mol. The Kier molecular flexibility index (Phi) is 9.15. The number of carbonyl (C=O) groups is 1. The molecule has 0 amide bonds. The number of halogens is 2. The van der Waals surface area contributed by atoms with Gasteiger partial charge in [-0.25, -0.2) is 4.39 Å². The van der Waals surface area contributed by atoms with Crippen LogP contribution in [0.5, 0.6) is 5.75 Å². The molecule has 2 aromatic carbocycles. The molecule has 0 aromatic heterocycles. The van der Waals surface area contributed by atoms with Gasteiger partial charge in [-0.05, 0) is 61.2 Å². The molecule has 1 atom stereocenters. The molecule has 1 heterocycles. The van der Waals surface area contributed by atoms with Crippen LogP contribution in [0.3, 0.4) is 0 Å². The van der Waals surface area contributed by atoms with Crippen LogP contribution in [-0.4, -0.2) is 55.4 Å². The van der Waals surface area contributed by atoms with Gasteiger partial charge in [-0.1, -0.05) is 53.4 Å². The lowest BCUT2D eigenvalue weighted by Gasteiger charge is -2.36. The molecule has 1 unspecified atom stereocenters. The standard InChI is InChI=1S/C28H36BrFN2O2/c1-34-23-11-12-26(29)22(19-23)20-32-17-15-31(16-18-32)14-13-25(24-9-5-6-10-27(24)30)28(33)21-7-3-2-4-8-21/h5-6,9-12,19,21,25H,2-4,7-8,13-18,20H2,1H3. The molecular formula is C28H36BrFN2O2. The molecule has 2 aromatic rings. The molecule has 0 bridgehead atoms. The zero-order valence-corrected chi connectivity index (χ0v) is 21.7. The zero-order valence-electron chi connectivity index (χ0n) is 20.1. The normalized spacial score (nSPS) is 19.1.